The summed E-state index contributed by atoms with van der Waals surface area (Å²) in [4.78, 5) is 0. The predicted octanol–water partition coefficient (Wildman–Crippen LogP) is 0.933. The molecule has 0 saturated carbocycles. The van der Waals surface area contributed by atoms with E-state index >= 15 is 0 Å². The molecule has 1 aromatic rings. The summed E-state index contributed by atoms with van der Waals surface area (Å²) in [7, 11) is 0. The summed E-state index contributed by atoms with van der Waals surface area (Å²) in [5.41, 5.74) is 6.41. The molecule has 0 aliphatic carbocycles. The Bertz CT molecular complexity index is 328. The van der Waals surface area contributed by atoms with Crippen LogP contribution in [0.3, 0.4) is 0 Å². The molecule has 0 fully saturated rings. The lowest BCUT2D eigenvalue weighted by molar-refractivity contribution is 0.127. The maximum Gasteiger partial charge on any atom is 0.161 e. The average Bonchev–Trinajstić information content (AvgIpc) is 2.29. The van der Waals surface area contributed by atoms with Crippen molar-refractivity contribution >= 4 is 0 Å². The first-order valence-corrected chi connectivity index (χ1v) is 5.06. The lowest BCUT2D eigenvalue weighted by atomic mass is 10.2. The summed E-state index contributed by atoms with van der Waals surface area (Å²) >= 11 is 0. The molecule has 1 heterocycles. The third-order valence-corrected chi connectivity index (χ3v) is 2.14. The van der Waals surface area contributed by atoms with Crippen molar-refractivity contribution in [3.8, 4) is 11.5 Å². The minimum atomic E-state index is 0.546. The van der Waals surface area contributed by atoms with E-state index in [1.54, 1.807) is 0 Å². The van der Waals surface area contributed by atoms with E-state index in [0.717, 1.165) is 17.1 Å². The third kappa shape index (κ3) is 2.61. The van der Waals surface area contributed by atoms with E-state index in [-0.39, 0.29) is 0 Å². The minimum Gasteiger partial charge on any atom is -0.486 e. The Morgan fingerprint density at radius 3 is 2.80 bits per heavy atom. The first kappa shape index (κ1) is 10.3. The van der Waals surface area contributed by atoms with Crippen molar-refractivity contribution in [3.63, 3.8) is 0 Å². The topological polar surface area (TPSA) is 53.7 Å². The van der Waals surface area contributed by atoms with Crippen molar-refractivity contribution in [2.45, 2.75) is 6.61 Å². The van der Waals surface area contributed by atoms with Crippen LogP contribution in [0.1, 0.15) is 5.56 Å². The van der Waals surface area contributed by atoms with E-state index in [2.05, 4.69) is 0 Å². The average molecular weight is 209 g/mol. The van der Waals surface area contributed by atoms with Crippen molar-refractivity contribution < 1.29 is 14.2 Å². The van der Waals surface area contributed by atoms with Crippen LogP contribution in [0, 0.1) is 0 Å². The van der Waals surface area contributed by atoms with Gasteiger partial charge in [-0.3, -0.25) is 0 Å². The Morgan fingerprint density at radius 2 is 2.00 bits per heavy atom. The molecule has 15 heavy (non-hydrogen) atoms. The van der Waals surface area contributed by atoms with Crippen LogP contribution in [-0.2, 0) is 11.3 Å². The molecule has 2 N–H and O–H groups in total. The highest BCUT2D eigenvalue weighted by Gasteiger charge is 2.11. The zero-order valence-corrected chi connectivity index (χ0v) is 8.57. The smallest absolute Gasteiger partial charge is 0.161 e. The third-order valence-electron chi connectivity index (χ3n) is 2.14. The van der Waals surface area contributed by atoms with Crippen LogP contribution in [0.5, 0.6) is 11.5 Å². The minimum absolute atomic E-state index is 0.546. The molecule has 2 rings (SSSR count). The molecule has 82 valence electrons. The van der Waals surface area contributed by atoms with Gasteiger partial charge in [-0.2, -0.15) is 0 Å². The molecular formula is C11H15NO3. The molecule has 0 saturated heterocycles. The summed E-state index contributed by atoms with van der Waals surface area (Å²) in [6.45, 7) is 2.92. The van der Waals surface area contributed by atoms with Crippen molar-refractivity contribution in [1.82, 2.24) is 0 Å². The van der Waals surface area contributed by atoms with Crippen LogP contribution in [0.15, 0.2) is 18.2 Å². The second-order valence-corrected chi connectivity index (χ2v) is 3.32. The van der Waals surface area contributed by atoms with E-state index in [9.17, 15) is 0 Å². The van der Waals surface area contributed by atoms with Gasteiger partial charge in [-0.15, -0.1) is 0 Å². The molecule has 1 aromatic carbocycles. The fourth-order valence-electron chi connectivity index (χ4n) is 1.45. The van der Waals surface area contributed by atoms with Crippen LogP contribution in [0.25, 0.3) is 0 Å². The van der Waals surface area contributed by atoms with Crippen LogP contribution in [0.4, 0.5) is 0 Å². The van der Waals surface area contributed by atoms with E-state index in [1.807, 2.05) is 18.2 Å². The summed E-state index contributed by atoms with van der Waals surface area (Å²) in [5, 5.41) is 0. The van der Waals surface area contributed by atoms with Gasteiger partial charge >= 0.3 is 0 Å². The van der Waals surface area contributed by atoms with Gasteiger partial charge in [-0.1, -0.05) is 6.07 Å². The first-order valence-electron chi connectivity index (χ1n) is 5.06. The summed E-state index contributed by atoms with van der Waals surface area (Å²) in [6, 6.07) is 5.84. The number of hydrogen-bond donors (Lipinski definition) is 1. The van der Waals surface area contributed by atoms with E-state index < -0.39 is 0 Å². The summed E-state index contributed by atoms with van der Waals surface area (Å²) in [5.74, 6) is 1.61. The maximum absolute atomic E-state index is 5.47. The normalized spacial score (nSPS) is 13.9. The summed E-state index contributed by atoms with van der Waals surface area (Å²) in [6.07, 6.45) is 0. The van der Waals surface area contributed by atoms with E-state index in [1.165, 1.54) is 0 Å². The molecule has 0 bridgehead atoms. The number of benzene rings is 1. The number of nitrogens with two attached hydrogens (primary N) is 1. The molecule has 0 atom stereocenters. The highest BCUT2D eigenvalue weighted by atomic mass is 16.6. The van der Waals surface area contributed by atoms with Crippen molar-refractivity contribution in [2.24, 2.45) is 5.73 Å². The van der Waals surface area contributed by atoms with Gasteiger partial charge in [0.2, 0.25) is 0 Å². The first-order chi connectivity index (χ1) is 7.40. The molecule has 0 aromatic heterocycles. The molecule has 0 amide bonds. The number of hydrogen-bond acceptors (Lipinski definition) is 4. The predicted molar refractivity (Wildman–Crippen MR) is 56.1 cm³/mol. The standard InChI is InChI=1S/C11H15NO3/c12-3-4-13-8-9-1-2-10-11(7-9)15-6-5-14-10/h1-2,7H,3-6,8,12H2. The largest absolute Gasteiger partial charge is 0.486 e. The zero-order chi connectivity index (χ0) is 10.5. The van der Waals surface area contributed by atoms with Crippen molar-refractivity contribution in [1.29, 1.82) is 0 Å². The van der Waals surface area contributed by atoms with Gasteiger partial charge in [0.15, 0.2) is 11.5 Å². The van der Waals surface area contributed by atoms with Gasteiger partial charge in [0.1, 0.15) is 13.2 Å². The van der Waals surface area contributed by atoms with E-state index in [0.29, 0.717) is 33.0 Å². The fourth-order valence-corrected chi connectivity index (χ4v) is 1.45. The second-order valence-electron chi connectivity index (χ2n) is 3.32. The molecule has 4 heteroatoms. The van der Waals surface area contributed by atoms with Crippen LogP contribution in [-0.4, -0.2) is 26.4 Å². The molecule has 4 nitrogen and oxygen atoms in total. The molecule has 0 radical (unpaired) electrons. The zero-order valence-electron chi connectivity index (χ0n) is 8.57. The van der Waals surface area contributed by atoms with Gasteiger partial charge in [0.25, 0.3) is 0 Å². The van der Waals surface area contributed by atoms with Gasteiger partial charge in [0, 0.05) is 6.54 Å². The quantitative estimate of drug-likeness (QED) is 0.750. The summed E-state index contributed by atoms with van der Waals surface area (Å²) < 4.78 is 16.2. The van der Waals surface area contributed by atoms with Gasteiger partial charge in [-0.05, 0) is 17.7 Å². The molecule has 0 unspecified atom stereocenters. The second kappa shape index (κ2) is 5.00. The SMILES string of the molecule is NCCOCc1ccc2c(c1)OCCO2. The van der Waals surface area contributed by atoms with Crippen molar-refractivity contribution in [3.05, 3.63) is 23.8 Å². The molecule has 1 aliphatic rings. The number of ether oxygens (including phenoxy) is 3. The Balaban J connectivity index is 2.00. The lowest BCUT2D eigenvalue weighted by Crippen LogP contribution is -2.15. The Hall–Kier alpha value is -1.26. The van der Waals surface area contributed by atoms with Gasteiger partial charge in [0.05, 0.1) is 13.2 Å². The van der Waals surface area contributed by atoms with Gasteiger partial charge < -0.3 is 19.9 Å². The highest BCUT2D eigenvalue weighted by Crippen LogP contribution is 2.30. The molecule has 1 aliphatic heterocycles. The Kier molecular flexibility index (Phi) is 3.42. The molecule has 0 spiro atoms. The Morgan fingerprint density at radius 1 is 1.20 bits per heavy atom. The van der Waals surface area contributed by atoms with Gasteiger partial charge in [-0.25, -0.2) is 0 Å². The van der Waals surface area contributed by atoms with Crippen LogP contribution < -0.4 is 15.2 Å². The lowest BCUT2D eigenvalue weighted by Gasteiger charge is -2.18. The fraction of sp³-hybridized carbons (Fsp3) is 0.455. The van der Waals surface area contributed by atoms with Crippen LogP contribution >= 0.6 is 0 Å². The highest BCUT2D eigenvalue weighted by molar-refractivity contribution is 5.43. The number of rotatable bonds is 4. The molecular weight excluding hydrogens is 194 g/mol. The number of fused-ring (bicyclic) bond motifs is 1. The monoisotopic (exact) mass is 209 g/mol. The maximum atomic E-state index is 5.47. The Labute approximate surface area is 88.9 Å². The van der Waals surface area contributed by atoms with Crippen LogP contribution in [0.2, 0.25) is 0 Å². The van der Waals surface area contributed by atoms with Crippen molar-refractivity contribution in [2.75, 3.05) is 26.4 Å². The van der Waals surface area contributed by atoms with E-state index in [4.69, 9.17) is 19.9 Å².